The Morgan fingerprint density at radius 3 is 2.46 bits per heavy atom. The average molecular weight is 183 g/mol. The molecular formula is C9H13NO3. The summed E-state index contributed by atoms with van der Waals surface area (Å²) in [6, 6.07) is 6.83. The Morgan fingerprint density at radius 2 is 1.92 bits per heavy atom. The van der Waals surface area contributed by atoms with E-state index in [4.69, 9.17) is 20.7 Å². The number of anilines is 1. The molecule has 0 saturated heterocycles. The largest absolute Gasteiger partial charge is 0.491 e. The molecule has 0 heterocycles. The lowest BCUT2D eigenvalue weighted by molar-refractivity contribution is 0.0536. The third kappa shape index (κ3) is 3.31. The zero-order valence-corrected chi connectivity index (χ0v) is 7.18. The summed E-state index contributed by atoms with van der Waals surface area (Å²) >= 11 is 0. The fourth-order valence-electron chi connectivity index (χ4n) is 0.809. The Balaban J connectivity index is 2.41. The van der Waals surface area contributed by atoms with E-state index in [1.807, 2.05) is 0 Å². The third-order valence-corrected chi connectivity index (χ3v) is 1.53. The molecule has 0 radical (unpaired) electrons. The fourth-order valence-corrected chi connectivity index (χ4v) is 0.809. The number of nitrogen functional groups attached to an aromatic ring is 1. The molecule has 1 atom stereocenters. The number of aliphatic hydroxyl groups excluding tert-OH is 2. The average Bonchev–Trinajstić information content (AvgIpc) is 2.16. The molecule has 0 amide bonds. The van der Waals surface area contributed by atoms with Crippen LogP contribution in [0.3, 0.4) is 0 Å². The standard InChI is InChI=1S/C9H13NO3/c10-7-1-3-9(4-2-7)13-6-8(12)5-11/h1-4,8,11-12H,5-6,10H2. The predicted molar refractivity (Wildman–Crippen MR) is 49.4 cm³/mol. The quantitative estimate of drug-likeness (QED) is 0.574. The Labute approximate surface area is 76.6 Å². The van der Waals surface area contributed by atoms with Gasteiger partial charge in [-0.3, -0.25) is 0 Å². The van der Waals surface area contributed by atoms with Gasteiger partial charge in [-0.25, -0.2) is 0 Å². The van der Waals surface area contributed by atoms with Crippen LogP contribution < -0.4 is 10.5 Å². The van der Waals surface area contributed by atoms with E-state index in [1.165, 1.54) is 0 Å². The van der Waals surface area contributed by atoms with Crippen LogP contribution in [0, 0.1) is 0 Å². The lowest BCUT2D eigenvalue weighted by Gasteiger charge is -2.09. The fraction of sp³-hybridized carbons (Fsp3) is 0.333. The van der Waals surface area contributed by atoms with Gasteiger partial charge in [0.1, 0.15) is 18.5 Å². The van der Waals surface area contributed by atoms with Gasteiger partial charge in [0.15, 0.2) is 0 Å². The van der Waals surface area contributed by atoms with Crippen molar-refractivity contribution < 1.29 is 14.9 Å². The van der Waals surface area contributed by atoms with E-state index in [0.29, 0.717) is 11.4 Å². The van der Waals surface area contributed by atoms with Crippen molar-refractivity contribution in [2.75, 3.05) is 18.9 Å². The molecule has 0 spiro atoms. The number of ether oxygens (including phenoxy) is 1. The first-order chi connectivity index (χ1) is 6.22. The molecular weight excluding hydrogens is 170 g/mol. The number of hydrogen-bond donors (Lipinski definition) is 3. The van der Waals surface area contributed by atoms with Crippen LogP contribution in [0.4, 0.5) is 5.69 Å². The first-order valence-corrected chi connectivity index (χ1v) is 3.99. The van der Waals surface area contributed by atoms with Crippen molar-refractivity contribution in [1.82, 2.24) is 0 Å². The molecule has 4 N–H and O–H groups in total. The molecule has 0 aromatic heterocycles. The maximum absolute atomic E-state index is 8.97. The summed E-state index contributed by atoms with van der Waals surface area (Å²) < 4.78 is 5.15. The molecule has 1 aromatic carbocycles. The molecule has 1 unspecified atom stereocenters. The van der Waals surface area contributed by atoms with Crippen molar-refractivity contribution in [3.63, 3.8) is 0 Å². The van der Waals surface area contributed by atoms with E-state index < -0.39 is 6.10 Å². The highest BCUT2D eigenvalue weighted by Gasteiger charge is 2.02. The van der Waals surface area contributed by atoms with Crippen LogP contribution in [0.15, 0.2) is 24.3 Å². The van der Waals surface area contributed by atoms with Gasteiger partial charge in [-0.1, -0.05) is 0 Å². The summed E-state index contributed by atoms with van der Waals surface area (Å²) in [5.41, 5.74) is 6.13. The van der Waals surface area contributed by atoms with E-state index in [2.05, 4.69) is 0 Å². The number of nitrogens with two attached hydrogens (primary N) is 1. The second kappa shape index (κ2) is 4.69. The predicted octanol–water partition coefficient (Wildman–Crippen LogP) is 0.000800. The van der Waals surface area contributed by atoms with Gasteiger partial charge in [0, 0.05) is 5.69 Å². The van der Waals surface area contributed by atoms with Gasteiger partial charge in [-0.2, -0.15) is 0 Å². The van der Waals surface area contributed by atoms with Crippen molar-refractivity contribution in [2.45, 2.75) is 6.10 Å². The second-order valence-electron chi connectivity index (χ2n) is 2.72. The Bertz CT molecular complexity index is 248. The maximum Gasteiger partial charge on any atom is 0.119 e. The second-order valence-corrected chi connectivity index (χ2v) is 2.72. The van der Waals surface area contributed by atoms with E-state index in [-0.39, 0.29) is 13.2 Å². The van der Waals surface area contributed by atoms with Crippen LogP contribution >= 0.6 is 0 Å². The van der Waals surface area contributed by atoms with E-state index in [9.17, 15) is 0 Å². The SMILES string of the molecule is Nc1ccc(OCC(O)CO)cc1. The molecule has 0 fully saturated rings. The van der Waals surface area contributed by atoms with Crippen LogP contribution in [-0.4, -0.2) is 29.5 Å². The molecule has 1 aromatic rings. The zero-order valence-electron chi connectivity index (χ0n) is 7.18. The Hall–Kier alpha value is -1.26. The van der Waals surface area contributed by atoms with Crippen molar-refractivity contribution in [2.24, 2.45) is 0 Å². The highest BCUT2D eigenvalue weighted by atomic mass is 16.5. The summed E-state index contributed by atoms with van der Waals surface area (Å²) in [6.07, 6.45) is -0.836. The molecule has 1 rings (SSSR count). The first kappa shape index (κ1) is 9.83. The highest BCUT2D eigenvalue weighted by Crippen LogP contribution is 2.12. The number of aliphatic hydroxyl groups is 2. The monoisotopic (exact) mass is 183 g/mol. The lowest BCUT2D eigenvalue weighted by Crippen LogP contribution is -2.21. The number of benzene rings is 1. The Morgan fingerprint density at radius 1 is 1.31 bits per heavy atom. The van der Waals surface area contributed by atoms with Crippen molar-refractivity contribution >= 4 is 5.69 Å². The number of rotatable bonds is 4. The van der Waals surface area contributed by atoms with Gasteiger partial charge in [0.25, 0.3) is 0 Å². The molecule has 0 aliphatic rings. The van der Waals surface area contributed by atoms with E-state index in [0.717, 1.165) is 0 Å². The van der Waals surface area contributed by atoms with Crippen LogP contribution in [0.5, 0.6) is 5.75 Å². The van der Waals surface area contributed by atoms with Gasteiger partial charge in [0.2, 0.25) is 0 Å². The third-order valence-electron chi connectivity index (χ3n) is 1.53. The molecule has 13 heavy (non-hydrogen) atoms. The molecule has 4 nitrogen and oxygen atoms in total. The van der Waals surface area contributed by atoms with Crippen LogP contribution in [-0.2, 0) is 0 Å². The molecule has 72 valence electrons. The highest BCUT2D eigenvalue weighted by molar-refractivity contribution is 5.41. The summed E-state index contributed by atoms with van der Waals surface area (Å²) in [5, 5.41) is 17.5. The maximum atomic E-state index is 8.97. The minimum atomic E-state index is -0.836. The zero-order chi connectivity index (χ0) is 9.68. The molecule has 4 heteroatoms. The van der Waals surface area contributed by atoms with Gasteiger partial charge >= 0.3 is 0 Å². The molecule has 0 aliphatic heterocycles. The van der Waals surface area contributed by atoms with Gasteiger partial charge < -0.3 is 20.7 Å². The van der Waals surface area contributed by atoms with Gasteiger partial charge in [-0.15, -0.1) is 0 Å². The lowest BCUT2D eigenvalue weighted by atomic mass is 10.3. The minimum Gasteiger partial charge on any atom is -0.491 e. The number of hydrogen-bond acceptors (Lipinski definition) is 4. The van der Waals surface area contributed by atoms with Crippen LogP contribution in [0.1, 0.15) is 0 Å². The summed E-state index contributed by atoms with van der Waals surface area (Å²) in [5.74, 6) is 0.627. The minimum absolute atomic E-state index is 0.0837. The Kier molecular flexibility index (Phi) is 3.54. The summed E-state index contributed by atoms with van der Waals surface area (Å²) in [6.45, 7) is -0.213. The van der Waals surface area contributed by atoms with Gasteiger partial charge in [-0.05, 0) is 24.3 Å². The van der Waals surface area contributed by atoms with Crippen molar-refractivity contribution in [3.05, 3.63) is 24.3 Å². The molecule has 0 bridgehead atoms. The molecule has 0 aliphatic carbocycles. The van der Waals surface area contributed by atoms with Crippen LogP contribution in [0.25, 0.3) is 0 Å². The summed E-state index contributed by atoms with van der Waals surface area (Å²) in [7, 11) is 0. The van der Waals surface area contributed by atoms with Crippen molar-refractivity contribution in [1.29, 1.82) is 0 Å². The smallest absolute Gasteiger partial charge is 0.119 e. The normalized spacial score (nSPS) is 12.5. The van der Waals surface area contributed by atoms with Crippen LogP contribution in [0.2, 0.25) is 0 Å². The van der Waals surface area contributed by atoms with E-state index >= 15 is 0 Å². The first-order valence-electron chi connectivity index (χ1n) is 3.99. The summed E-state index contributed by atoms with van der Waals surface area (Å²) in [4.78, 5) is 0. The molecule has 0 saturated carbocycles. The van der Waals surface area contributed by atoms with Crippen molar-refractivity contribution in [3.8, 4) is 5.75 Å². The topological polar surface area (TPSA) is 75.7 Å². The van der Waals surface area contributed by atoms with E-state index in [1.54, 1.807) is 24.3 Å². The van der Waals surface area contributed by atoms with Gasteiger partial charge in [0.05, 0.1) is 6.61 Å².